The van der Waals surface area contributed by atoms with Crippen LogP contribution >= 0.6 is 27.3 Å². The van der Waals surface area contributed by atoms with Crippen molar-refractivity contribution < 1.29 is 13.2 Å². The highest BCUT2D eigenvalue weighted by atomic mass is 79.9. The van der Waals surface area contributed by atoms with Crippen molar-refractivity contribution in [2.75, 3.05) is 5.32 Å². The molecule has 0 atom stereocenters. The van der Waals surface area contributed by atoms with E-state index in [1.54, 1.807) is 6.07 Å². The predicted octanol–water partition coefficient (Wildman–Crippen LogP) is 5.01. The number of hydrogen-bond acceptors (Lipinski definition) is 3. The van der Waals surface area contributed by atoms with E-state index in [0.717, 1.165) is 15.4 Å². The molecule has 0 radical (unpaired) electrons. The summed E-state index contributed by atoms with van der Waals surface area (Å²) in [5, 5.41) is 13.7. The maximum Gasteiger partial charge on any atom is 0.417 e. The number of hydrogen-bond donors (Lipinski definition) is 1. The number of thiophene rings is 1. The molecular formula is C13H8BrF3N2S. The molecule has 0 saturated carbocycles. The number of rotatable bonds is 3. The average molecular weight is 361 g/mol. The van der Waals surface area contributed by atoms with Crippen LogP contribution in [0.5, 0.6) is 0 Å². The van der Waals surface area contributed by atoms with Gasteiger partial charge in [0.1, 0.15) is 0 Å². The first kappa shape index (κ1) is 14.9. The summed E-state index contributed by atoms with van der Waals surface area (Å²) in [5.41, 5.74) is -0.807. The van der Waals surface area contributed by atoms with Crippen LogP contribution in [0.25, 0.3) is 0 Å². The van der Waals surface area contributed by atoms with E-state index in [2.05, 4.69) is 21.2 Å². The number of nitrogens with one attached hydrogen (secondary N) is 1. The van der Waals surface area contributed by atoms with Crippen LogP contribution in [-0.4, -0.2) is 0 Å². The number of alkyl halides is 3. The molecule has 1 N–H and O–H groups in total. The quantitative estimate of drug-likeness (QED) is 0.834. The standard InChI is InChI=1S/C13H8BrF3N2S/c14-9-4-11(20-7-9)6-19-10-1-2-12(13(15,16)17)8(3-10)5-18/h1-4,7,19H,6H2. The van der Waals surface area contributed by atoms with Crippen molar-refractivity contribution in [2.45, 2.75) is 12.7 Å². The minimum absolute atomic E-state index is 0.380. The van der Waals surface area contributed by atoms with Crippen LogP contribution in [0, 0.1) is 11.3 Å². The lowest BCUT2D eigenvalue weighted by atomic mass is 10.1. The van der Waals surface area contributed by atoms with Gasteiger partial charge in [0.15, 0.2) is 0 Å². The van der Waals surface area contributed by atoms with E-state index in [1.807, 2.05) is 11.4 Å². The van der Waals surface area contributed by atoms with E-state index < -0.39 is 11.7 Å². The molecule has 0 saturated heterocycles. The SMILES string of the molecule is N#Cc1cc(NCc2cc(Br)cs2)ccc1C(F)(F)F. The predicted molar refractivity (Wildman–Crippen MR) is 75.5 cm³/mol. The highest BCUT2D eigenvalue weighted by Gasteiger charge is 2.33. The zero-order valence-corrected chi connectivity index (χ0v) is 12.4. The second kappa shape index (κ2) is 5.85. The number of nitrogens with zero attached hydrogens (tertiary/aromatic N) is 1. The Kier molecular flexibility index (Phi) is 4.35. The summed E-state index contributed by atoms with van der Waals surface area (Å²) in [6.45, 7) is 0.493. The Hall–Kier alpha value is -1.52. The molecular weight excluding hydrogens is 353 g/mol. The lowest BCUT2D eigenvalue weighted by molar-refractivity contribution is -0.137. The summed E-state index contributed by atoms with van der Waals surface area (Å²) < 4.78 is 38.9. The van der Waals surface area contributed by atoms with Gasteiger partial charge >= 0.3 is 6.18 Å². The van der Waals surface area contributed by atoms with Crippen LogP contribution in [-0.2, 0) is 12.7 Å². The van der Waals surface area contributed by atoms with E-state index in [-0.39, 0.29) is 5.56 Å². The molecule has 0 fully saturated rings. The van der Waals surface area contributed by atoms with Crippen LogP contribution in [0.3, 0.4) is 0 Å². The molecule has 1 heterocycles. The highest BCUT2D eigenvalue weighted by molar-refractivity contribution is 9.10. The summed E-state index contributed by atoms with van der Waals surface area (Å²) in [4.78, 5) is 1.04. The Morgan fingerprint density at radius 1 is 1.30 bits per heavy atom. The third-order valence-electron chi connectivity index (χ3n) is 2.53. The molecule has 0 bridgehead atoms. The van der Waals surface area contributed by atoms with Gasteiger partial charge in [0, 0.05) is 27.0 Å². The Balaban J connectivity index is 2.16. The molecule has 0 aliphatic rings. The zero-order valence-electron chi connectivity index (χ0n) is 9.96. The van der Waals surface area contributed by atoms with E-state index in [4.69, 9.17) is 5.26 Å². The lowest BCUT2D eigenvalue weighted by Crippen LogP contribution is -2.08. The van der Waals surface area contributed by atoms with Crippen molar-refractivity contribution in [1.82, 2.24) is 0 Å². The summed E-state index contributed by atoms with van der Waals surface area (Å²) >= 11 is 4.86. The Morgan fingerprint density at radius 2 is 2.05 bits per heavy atom. The van der Waals surface area contributed by atoms with Crippen LogP contribution in [0.2, 0.25) is 0 Å². The van der Waals surface area contributed by atoms with Crippen molar-refractivity contribution in [3.63, 3.8) is 0 Å². The van der Waals surface area contributed by atoms with Gasteiger partial charge in [-0.2, -0.15) is 18.4 Å². The zero-order chi connectivity index (χ0) is 14.8. The first-order valence-corrected chi connectivity index (χ1v) is 7.15. The van der Waals surface area contributed by atoms with Gasteiger partial charge in [-0.3, -0.25) is 0 Å². The van der Waals surface area contributed by atoms with E-state index in [0.29, 0.717) is 12.2 Å². The molecule has 0 spiro atoms. The Morgan fingerprint density at radius 3 is 2.60 bits per heavy atom. The van der Waals surface area contributed by atoms with Gasteiger partial charge in [0.05, 0.1) is 17.2 Å². The summed E-state index contributed by atoms with van der Waals surface area (Å²) in [5.74, 6) is 0. The van der Waals surface area contributed by atoms with Crippen LogP contribution in [0.4, 0.5) is 18.9 Å². The highest BCUT2D eigenvalue weighted by Crippen LogP contribution is 2.33. The molecule has 1 aromatic carbocycles. The minimum atomic E-state index is -4.51. The maximum absolute atomic E-state index is 12.6. The minimum Gasteiger partial charge on any atom is -0.380 e. The molecule has 20 heavy (non-hydrogen) atoms. The number of anilines is 1. The summed E-state index contributed by atoms with van der Waals surface area (Å²) in [6.07, 6.45) is -4.51. The Labute approximate surface area is 126 Å². The van der Waals surface area contributed by atoms with Gasteiger partial charge in [-0.15, -0.1) is 11.3 Å². The second-order valence-electron chi connectivity index (χ2n) is 3.95. The van der Waals surface area contributed by atoms with E-state index >= 15 is 0 Å². The molecule has 2 nitrogen and oxygen atoms in total. The second-order valence-corrected chi connectivity index (χ2v) is 5.87. The van der Waals surface area contributed by atoms with Gasteiger partial charge in [-0.25, -0.2) is 0 Å². The maximum atomic E-state index is 12.6. The molecule has 7 heteroatoms. The van der Waals surface area contributed by atoms with Gasteiger partial charge in [-0.05, 0) is 40.2 Å². The average Bonchev–Trinajstić information content (AvgIpc) is 2.80. The van der Waals surface area contributed by atoms with E-state index in [1.165, 1.54) is 23.5 Å². The Bertz CT molecular complexity index is 658. The third kappa shape index (κ3) is 3.52. The molecule has 0 unspecified atom stereocenters. The summed E-state index contributed by atoms with van der Waals surface area (Å²) in [6, 6.07) is 6.96. The molecule has 2 rings (SSSR count). The number of halogens is 4. The largest absolute Gasteiger partial charge is 0.417 e. The van der Waals surface area contributed by atoms with Crippen LogP contribution < -0.4 is 5.32 Å². The lowest BCUT2D eigenvalue weighted by Gasteiger charge is -2.11. The topological polar surface area (TPSA) is 35.8 Å². The monoisotopic (exact) mass is 360 g/mol. The van der Waals surface area contributed by atoms with E-state index in [9.17, 15) is 13.2 Å². The molecule has 0 aliphatic carbocycles. The smallest absolute Gasteiger partial charge is 0.380 e. The van der Waals surface area contributed by atoms with Crippen molar-refractivity contribution in [3.05, 3.63) is 50.1 Å². The molecule has 1 aromatic heterocycles. The molecule has 0 amide bonds. The number of nitriles is 1. The fourth-order valence-electron chi connectivity index (χ4n) is 1.63. The van der Waals surface area contributed by atoms with Crippen molar-refractivity contribution in [1.29, 1.82) is 5.26 Å². The molecule has 104 valence electrons. The molecule has 0 aliphatic heterocycles. The third-order valence-corrected chi connectivity index (χ3v) is 4.23. The normalized spacial score (nSPS) is 11.2. The van der Waals surface area contributed by atoms with Crippen molar-refractivity contribution >= 4 is 33.0 Å². The van der Waals surface area contributed by atoms with Gasteiger partial charge in [0.25, 0.3) is 0 Å². The van der Waals surface area contributed by atoms with Crippen molar-refractivity contribution in [3.8, 4) is 6.07 Å². The molecule has 2 aromatic rings. The fourth-order valence-corrected chi connectivity index (χ4v) is 3.02. The van der Waals surface area contributed by atoms with Crippen LogP contribution in [0.15, 0.2) is 34.1 Å². The van der Waals surface area contributed by atoms with Gasteiger partial charge in [-0.1, -0.05) is 0 Å². The number of benzene rings is 1. The fraction of sp³-hybridized carbons (Fsp3) is 0.154. The summed E-state index contributed by atoms with van der Waals surface area (Å²) in [7, 11) is 0. The first-order chi connectivity index (χ1) is 9.40. The first-order valence-electron chi connectivity index (χ1n) is 5.48. The van der Waals surface area contributed by atoms with Crippen molar-refractivity contribution in [2.24, 2.45) is 0 Å². The van der Waals surface area contributed by atoms with Gasteiger partial charge in [0.2, 0.25) is 0 Å². The van der Waals surface area contributed by atoms with Gasteiger partial charge < -0.3 is 5.32 Å². The van der Waals surface area contributed by atoms with Crippen LogP contribution in [0.1, 0.15) is 16.0 Å².